The van der Waals surface area contributed by atoms with E-state index in [9.17, 15) is 4.79 Å². The summed E-state index contributed by atoms with van der Waals surface area (Å²) in [5, 5.41) is 0. The first-order valence-electron chi connectivity index (χ1n) is 5.77. The van der Waals surface area contributed by atoms with Crippen LogP contribution < -0.4 is 0 Å². The van der Waals surface area contributed by atoms with Gasteiger partial charge in [-0.15, -0.1) is 0 Å². The van der Waals surface area contributed by atoms with Crippen molar-refractivity contribution in [2.45, 2.75) is 58.8 Å². The number of rotatable bonds is 2. The minimum atomic E-state index is -0.429. The SMILES string of the molecule is CC(C)OC1(C)CN(C(=O)OC(C)(C)C)C1. The molecule has 1 aliphatic rings. The van der Waals surface area contributed by atoms with Gasteiger partial charge < -0.3 is 14.4 Å². The van der Waals surface area contributed by atoms with Crippen molar-refractivity contribution in [3.8, 4) is 0 Å². The zero-order valence-electron chi connectivity index (χ0n) is 11.2. The van der Waals surface area contributed by atoms with Crippen molar-refractivity contribution >= 4 is 6.09 Å². The van der Waals surface area contributed by atoms with Gasteiger partial charge >= 0.3 is 6.09 Å². The van der Waals surface area contributed by atoms with Crippen molar-refractivity contribution in [2.24, 2.45) is 0 Å². The maximum atomic E-state index is 11.7. The summed E-state index contributed by atoms with van der Waals surface area (Å²) in [6.45, 7) is 12.9. The molecule has 4 heteroatoms. The van der Waals surface area contributed by atoms with Gasteiger partial charge in [-0.25, -0.2) is 4.79 Å². The number of likely N-dealkylation sites (tertiary alicyclic amines) is 1. The average Bonchev–Trinajstić information content (AvgIpc) is 1.94. The molecular weight excluding hydrogens is 206 g/mol. The molecule has 0 aromatic rings. The maximum absolute atomic E-state index is 11.7. The summed E-state index contributed by atoms with van der Waals surface area (Å²) in [5.41, 5.74) is -0.632. The number of carbonyl (C=O) groups excluding carboxylic acids is 1. The maximum Gasteiger partial charge on any atom is 0.410 e. The highest BCUT2D eigenvalue weighted by Gasteiger charge is 2.44. The molecule has 1 fully saturated rings. The van der Waals surface area contributed by atoms with Crippen LogP contribution in [-0.2, 0) is 9.47 Å². The molecule has 0 aromatic carbocycles. The fourth-order valence-electron chi connectivity index (χ4n) is 1.86. The van der Waals surface area contributed by atoms with Crippen molar-refractivity contribution in [2.75, 3.05) is 13.1 Å². The fraction of sp³-hybridized carbons (Fsp3) is 0.917. The normalized spacial score (nSPS) is 19.6. The van der Waals surface area contributed by atoms with Gasteiger partial charge in [0.1, 0.15) is 11.2 Å². The fourth-order valence-corrected chi connectivity index (χ4v) is 1.86. The van der Waals surface area contributed by atoms with E-state index in [4.69, 9.17) is 9.47 Å². The third kappa shape index (κ3) is 3.67. The van der Waals surface area contributed by atoms with Crippen molar-refractivity contribution in [1.82, 2.24) is 4.90 Å². The van der Waals surface area contributed by atoms with Gasteiger partial charge in [0.05, 0.1) is 19.2 Å². The molecule has 1 heterocycles. The number of hydrogen-bond acceptors (Lipinski definition) is 3. The van der Waals surface area contributed by atoms with E-state index in [2.05, 4.69) is 0 Å². The zero-order chi connectivity index (χ0) is 12.6. The van der Waals surface area contributed by atoms with Crippen LogP contribution in [0.1, 0.15) is 41.5 Å². The summed E-state index contributed by atoms with van der Waals surface area (Å²) in [7, 11) is 0. The van der Waals surface area contributed by atoms with Gasteiger partial charge in [-0.1, -0.05) is 0 Å². The number of ether oxygens (including phenoxy) is 2. The molecule has 94 valence electrons. The molecular formula is C12H23NO3. The molecule has 0 aliphatic carbocycles. The van der Waals surface area contributed by atoms with Crippen molar-refractivity contribution in [1.29, 1.82) is 0 Å². The second-order valence-corrected chi connectivity index (χ2v) is 5.95. The van der Waals surface area contributed by atoms with Gasteiger partial charge in [-0.3, -0.25) is 0 Å². The third-order valence-corrected chi connectivity index (χ3v) is 2.22. The Morgan fingerprint density at radius 1 is 1.31 bits per heavy atom. The second-order valence-electron chi connectivity index (χ2n) is 5.95. The second kappa shape index (κ2) is 4.24. The van der Waals surface area contributed by atoms with Gasteiger partial charge in [0.2, 0.25) is 0 Å². The van der Waals surface area contributed by atoms with Crippen LogP contribution in [0.25, 0.3) is 0 Å². The van der Waals surface area contributed by atoms with E-state index in [-0.39, 0.29) is 17.8 Å². The lowest BCUT2D eigenvalue weighted by Gasteiger charge is -2.48. The Hall–Kier alpha value is -0.770. The Balaban J connectivity index is 2.38. The zero-order valence-corrected chi connectivity index (χ0v) is 11.2. The van der Waals surface area contributed by atoms with Crippen molar-refractivity contribution < 1.29 is 14.3 Å². The Labute approximate surface area is 97.9 Å². The molecule has 0 spiro atoms. The molecule has 0 aromatic heterocycles. The number of amides is 1. The smallest absolute Gasteiger partial charge is 0.410 e. The van der Waals surface area contributed by atoms with E-state index in [1.807, 2.05) is 41.5 Å². The molecule has 1 aliphatic heterocycles. The Morgan fingerprint density at radius 3 is 2.19 bits per heavy atom. The predicted octanol–water partition coefficient (Wildman–Crippen LogP) is 2.42. The minimum Gasteiger partial charge on any atom is -0.444 e. The van der Waals surface area contributed by atoms with E-state index in [0.717, 1.165) is 0 Å². The quantitative estimate of drug-likeness (QED) is 0.730. The molecule has 1 rings (SSSR count). The van der Waals surface area contributed by atoms with Crippen LogP contribution in [0.2, 0.25) is 0 Å². The van der Waals surface area contributed by atoms with Gasteiger partial charge in [0, 0.05) is 0 Å². The van der Waals surface area contributed by atoms with Crippen LogP contribution in [0.3, 0.4) is 0 Å². The predicted molar refractivity (Wildman–Crippen MR) is 62.4 cm³/mol. The Bertz CT molecular complexity index is 262. The first kappa shape index (κ1) is 13.3. The average molecular weight is 229 g/mol. The highest BCUT2D eigenvalue weighted by molar-refractivity contribution is 5.69. The number of carbonyl (C=O) groups is 1. The molecule has 0 atom stereocenters. The highest BCUT2D eigenvalue weighted by atomic mass is 16.6. The lowest BCUT2D eigenvalue weighted by Crippen LogP contribution is -2.64. The molecule has 4 nitrogen and oxygen atoms in total. The van der Waals surface area contributed by atoms with E-state index in [1.165, 1.54) is 0 Å². The van der Waals surface area contributed by atoms with E-state index >= 15 is 0 Å². The monoisotopic (exact) mass is 229 g/mol. The first-order chi connectivity index (χ1) is 7.11. The minimum absolute atomic E-state index is 0.186. The summed E-state index contributed by atoms with van der Waals surface area (Å²) in [6, 6.07) is 0. The molecule has 0 radical (unpaired) electrons. The molecule has 0 bridgehead atoms. The summed E-state index contributed by atoms with van der Waals surface area (Å²) in [4.78, 5) is 13.3. The van der Waals surface area contributed by atoms with Gasteiger partial charge in [-0.2, -0.15) is 0 Å². The van der Waals surface area contributed by atoms with E-state index < -0.39 is 5.60 Å². The van der Waals surface area contributed by atoms with Crippen LogP contribution in [0.4, 0.5) is 4.79 Å². The molecule has 0 unspecified atom stereocenters. The molecule has 1 saturated heterocycles. The summed E-state index contributed by atoms with van der Waals surface area (Å²) in [5.74, 6) is 0. The van der Waals surface area contributed by atoms with Crippen LogP contribution in [0.5, 0.6) is 0 Å². The van der Waals surface area contributed by atoms with Crippen molar-refractivity contribution in [3.05, 3.63) is 0 Å². The van der Waals surface area contributed by atoms with Crippen LogP contribution in [0, 0.1) is 0 Å². The summed E-state index contributed by atoms with van der Waals surface area (Å²) < 4.78 is 11.0. The number of hydrogen-bond donors (Lipinski definition) is 0. The van der Waals surface area contributed by atoms with Gasteiger partial charge in [0.25, 0.3) is 0 Å². The Kier molecular flexibility index (Phi) is 3.53. The van der Waals surface area contributed by atoms with Crippen LogP contribution in [-0.4, -0.2) is 41.4 Å². The summed E-state index contributed by atoms with van der Waals surface area (Å²) in [6.07, 6.45) is -0.0666. The van der Waals surface area contributed by atoms with E-state index in [0.29, 0.717) is 13.1 Å². The van der Waals surface area contributed by atoms with Crippen LogP contribution in [0.15, 0.2) is 0 Å². The Morgan fingerprint density at radius 2 is 1.81 bits per heavy atom. The topological polar surface area (TPSA) is 38.8 Å². The lowest BCUT2D eigenvalue weighted by molar-refractivity contribution is -0.149. The largest absolute Gasteiger partial charge is 0.444 e. The summed E-state index contributed by atoms with van der Waals surface area (Å²) >= 11 is 0. The third-order valence-electron chi connectivity index (χ3n) is 2.22. The lowest BCUT2D eigenvalue weighted by atomic mass is 9.97. The molecule has 0 N–H and O–H groups in total. The van der Waals surface area contributed by atoms with Crippen molar-refractivity contribution in [3.63, 3.8) is 0 Å². The number of nitrogens with zero attached hydrogens (tertiary/aromatic N) is 1. The molecule has 1 amide bonds. The standard InChI is InChI=1S/C12H23NO3/c1-9(2)15-12(6)7-13(8-12)10(14)16-11(3,4)5/h9H,7-8H2,1-6H3. The first-order valence-corrected chi connectivity index (χ1v) is 5.77. The molecule has 0 saturated carbocycles. The highest BCUT2D eigenvalue weighted by Crippen LogP contribution is 2.27. The van der Waals surface area contributed by atoms with Crippen LogP contribution >= 0.6 is 0 Å². The van der Waals surface area contributed by atoms with Gasteiger partial charge in [-0.05, 0) is 41.5 Å². The van der Waals surface area contributed by atoms with E-state index in [1.54, 1.807) is 4.90 Å². The molecule has 16 heavy (non-hydrogen) atoms. The van der Waals surface area contributed by atoms with Gasteiger partial charge in [0.15, 0.2) is 0 Å².